The first-order chi connectivity index (χ1) is 8.63. The molecule has 2 N–H and O–H groups in total. The number of halogens is 1. The standard InChI is InChI=1S/C13H15FN2O2/c14-10-7-9(8-17)4-5-11(10)16-6-2-1-3-12(16)13(15)18/h4-5,7-8,12H,1-3,6H2,(H2,15,18). The number of carbonyl (C=O) groups is 2. The lowest BCUT2D eigenvalue weighted by Gasteiger charge is -2.35. The molecule has 1 heterocycles. The van der Waals surface area contributed by atoms with Crippen LogP contribution in [0.1, 0.15) is 29.6 Å². The molecule has 5 heteroatoms. The molecule has 1 aromatic carbocycles. The van der Waals surface area contributed by atoms with Gasteiger partial charge in [0.25, 0.3) is 0 Å². The van der Waals surface area contributed by atoms with Crippen LogP contribution in [0.2, 0.25) is 0 Å². The second-order valence-corrected chi connectivity index (χ2v) is 4.44. The van der Waals surface area contributed by atoms with Crippen molar-refractivity contribution in [2.24, 2.45) is 5.73 Å². The minimum Gasteiger partial charge on any atom is -0.368 e. The number of benzene rings is 1. The number of aldehydes is 1. The number of rotatable bonds is 3. The maximum Gasteiger partial charge on any atom is 0.240 e. The van der Waals surface area contributed by atoms with Crippen molar-refractivity contribution in [3.05, 3.63) is 29.6 Å². The van der Waals surface area contributed by atoms with Crippen molar-refractivity contribution in [1.29, 1.82) is 0 Å². The number of carbonyl (C=O) groups excluding carboxylic acids is 2. The molecule has 0 saturated carbocycles. The van der Waals surface area contributed by atoms with Gasteiger partial charge in [0, 0.05) is 12.1 Å². The van der Waals surface area contributed by atoms with Crippen molar-refractivity contribution in [3.63, 3.8) is 0 Å². The van der Waals surface area contributed by atoms with Crippen molar-refractivity contribution in [2.75, 3.05) is 11.4 Å². The first-order valence-corrected chi connectivity index (χ1v) is 5.94. The van der Waals surface area contributed by atoms with Gasteiger partial charge < -0.3 is 10.6 Å². The predicted octanol–water partition coefficient (Wildman–Crippen LogP) is 1.48. The van der Waals surface area contributed by atoms with Crippen LogP contribution in [0.5, 0.6) is 0 Å². The molecule has 0 spiro atoms. The number of hydrogen-bond donors (Lipinski definition) is 1. The smallest absolute Gasteiger partial charge is 0.240 e. The normalized spacial score (nSPS) is 19.6. The van der Waals surface area contributed by atoms with Crippen molar-refractivity contribution in [1.82, 2.24) is 0 Å². The van der Waals surface area contributed by atoms with E-state index in [1.54, 1.807) is 4.90 Å². The average molecular weight is 250 g/mol. The van der Waals surface area contributed by atoms with Gasteiger partial charge in [0.15, 0.2) is 0 Å². The molecule has 0 aliphatic carbocycles. The molecule has 96 valence electrons. The largest absolute Gasteiger partial charge is 0.368 e. The molecule has 2 rings (SSSR count). The van der Waals surface area contributed by atoms with E-state index in [0.717, 1.165) is 12.8 Å². The molecule has 4 nitrogen and oxygen atoms in total. The van der Waals surface area contributed by atoms with E-state index in [4.69, 9.17) is 5.73 Å². The van der Waals surface area contributed by atoms with Gasteiger partial charge in [-0.1, -0.05) is 0 Å². The molecule has 1 aromatic rings. The Hall–Kier alpha value is -1.91. The molecule has 1 aliphatic rings. The molecule has 1 fully saturated rings. The number of piperidine rings is 1. The van der Waals surface area contributed by atoms with Crippen LogP contribution in [0.3, 0.4) is 0 Å². The third-order valence-electron chi connectivity index (χ3n) is 3.25. The summed E-state index contributed by atoms with van der Waals surface area (Å²) in [6.07, 6.45) is 3.05. The van der Waals surface area contributed by atoms with Crippen LogP contribution in [0.4, 0.5) is 10.1 Å². The second kappa shape index (κ2) is 5.16. The zero-order valence-corrected chi connectivity index (χ0v) is 9.93. The molecule has 0 radical (unpaired) electrons. The first kappa shape index (κ1) is 12.5. The number of primary amides is 1. The predicted molar refractivity (Wildman–Crippen MR) is 66.0 cm³/mol. The fourth-order valence-corrected chi connectivity index (χ4v) is 2.35. The minimum atomic E-state index is -0.493. The zero-order valence-electron chi connectivity index (χ0n) is 9.93. The van der Waals surface area contributed by atoms with Gasteiger partial charge in [-0.15, -0.1) is 0 Å². The Morgan fingerprint density at radius 1 is 1.44 bits per heavy atom. The van der Waals surface area contributed by atoms with Gasteiger partial charge in [0.1, 0.15) is 18.1 Å². The Bertz CT molecular complexity index is 476. The van der Waals surface area contributed by atoms with Gasteiger partial charge in [-0.05, 0) is 37.5 Å². The fourth-order valence-electron chi connectivity index (χ4n) is 2.35. The lowest BCUT2D eigenvalue weighted by atomic mass is 10.0. The Labute approximate surface area is 105 Å². The number of nitrogens with two attached hydrogens (primary N) is 1. The van der Waals surface area contributed by atoms with E-state index < -0.39 is 17.8 Å². The van der Waals surface area contributed by atoms with E-state index in [1.165, 1.54) is 18.2 Å². The van der Waals surface area contributed by atoms with Gasteiger partial charge in [0.2, 0.25) is 5.91 Å². The molecule has 1 unspecified atom stereocenters. The number of nitrogens with zero attached hydrogens (tertiary/aromatic N) is 1. The summed E-state index contributed by atoms with van der Waals surface area (Å²) in [6.45, 7) is 0.602. The van der Waals surface area contributed by atoms with Crippen LogP contribution in [-0.4, -0.2) is 24.8 Å². The van der Waals surface area contributed by atoms with Crippen molar-refractivity contribution in [3.8, 4) is 0 Å². The maximum absolute atomic E-state index is 13.9. The van der Waals surface area contributed by atoms with E-state index in [0.29, 0.717) is 24.9 Å². The van der Waals surface area contributed by atoms with Crippen molar-refractivity contribution in [2.45, 2.75) is 25.3 Å². The number of hydrogen-bond acceptors (Lipinski definition) is 3. The molecular weight excluding hydrogens is 235 g/mol. The summed E-state index contributed by atoms with van der Waals surface area (Å²) >= 11 is 0. The summed E-state index contributed by atoms with van der Waals surface area (Å²) in [7, 11) is 0. The summed E-state index contributed by atoms with van der Waals surface area (Å²) in [5.41, 5.74) is 5.96. The Morgan fingerprint density at radius 3 is 2.83 bits per heavy atom. The third-order valence-corrected chi connectivity index (χ3v) is 3.25. The van der Waals surface area contributed by atoms with Gasteiger partial charge in [0.05, 0.1) is 5.69 Å². The van der Waals surface area contributed by atoms with E-state index in [-0.39, 0.29) is 5.56 Å². The molecule has 0 aromatic heterocycles. The highest BCUT2D eigenvalue weighted by Gasteiger charge is 2.28. The lowest BCUT2D eigenvalue weighted by molar-refractivity contribution is -0.119. The van der Waals surface area contributed by atoms with Crippen molar-refractivity contribution < 1.29 is 14.0 Å². The SMILES string of the molecule is NC(=O)C1CCCCN1c1ccc(C=O)cc1F. The van der Waals surface area contributed by atoms with Crippen LogP contribution < -0.4 is 10.6 Å². The summed E-state index contributed by atoms with van der Waals surface area (Å²) in [5, 5.41) is 0. The highest BCUT2D eigenvalue weighted by molar-refractivity contribution is 5.84. The van der Waals surface area contributed by atoms with Crippen LogP contribution in [0, 0.1) is 5.82 Å². The monoisotopic (exact) mass is 250 g/mol. The van der Waals surface area contributed by atoms with Crippen LogP contribution in [0.15, 0.2) is 18.2 Å². The molecule has 1 aliphatic heterocycles. The van der Waals surface area contributed by atoms with Gasteiger partial charge in [-0.25, -0.2) is 4.39 Å². The van der Waals surface area contributed by atoms with E-state index in [2.05, 4.69) is 0 Å². The van der Waals surface area contributed by atoms with Gasteiger partial charge in [-0.3, -0.25) is 9.59 Å². The van der Waals surface area contributed by atoms with E-state index in [9.17, 15) is 14.0 Å². The number of anilines is 1. The topological polar surface area (TPSA) is 63.4 Å². The molecule has 1 atom stereocenters. The Morgan fingerprint density at radius 2 is 2.22 bits per heavy atom. The van der Waals surface area contributed by atoms with Crippen LogP contribution >= 0.6 is 0 Å². The molecule has 1 amide bonds. The Kier molecular flexibility index (Phi) is 3.60. The highest BCUT2D eigenvalue weighted by atomic mass is 19.1. The highest BCUT2D eigenvalue weighted by Crippen LogP contribution is 2.27. The molecular formula is C13H15FN2O2. The maximum atomic E-state index is 13.9. The third kappa shape index (κ3) is 2.34. The molecule has 1 saturated heterocycles. The quantitative estimate of drug-likeness (QED) is 0.826. The summed E-state index contributed by atoms with van der Waals surface area (Å²) in [5.74, 6) is -0.929. The van der Waals surface area contributed by atoms with Gasteiger partial charge >= 0.3 is 0 Å². The zero-order chi connectivity index (χ0) is 13.1. The van der Waals surface area contributed by atoms with E-state index >= 15 is 0 Å². The second-order valence-electron chi connectivity index (χ2n) is 4.44. The van der Waals surface area contributed by atoms with E-state index in [1.807, 2.05) is 0 Å². The van der Waals surface area contributed by atoms with Crippen LogP contribution in [-0.2, 0) is 4.79 Å². The van der Waals surface area contributed by atoms with Crippen molar-refractivity contribution >= 4 is 17.9 Å². The Balaban J connectivity index is 2.33. The minimum absolute atomic E-state index is 0.281. The molecule has 0 bridgehead atoms. The molecule has 18 heavy (non-hydrogen) atoms. The average Bonchev–Trinajstić information content (AvgIpc) is 2.38. The first-order valence-electron chi connectivity index (χ1n) is 5.94. The van der Waals surface area contributed by atoms with Crippen LogP contribution in [0.25, 0.3) is 0 Å². The fraction of sp³-hybridized carbons (Fsp3) is 0.385. The summed E-state index contributed by atoms with van der Waals surface area (Å²) in [4.78, 5) is 23.6. The summed E-state index contributed by atoms with van der Waals surface area (Å²) in [6, 6.07) is 3.78. The lowest BCUT2D eigenvalue weighted by Crippen LogP contribution is -2.48. The number of amides is 1. The summed E-state index contributed by atoms with van der Waals surface area (Å²) < 4.78 is 13.9. The van der Waals surface area contributed by atoms with Gasteiger partial charge in [-0.2, -0.15) is 0 Å².